The lowest BCUT2D eigenvalue weighted by Crippen LogP contribution is -2.23. The van der Waals surface area contributed by atoms with E-state index in [9.17, 15) is 13.2 Å². The summed E-state index contributed by atoms with van der Waals surface area (Å²) in [5.74, 6) is 0.180. The van der Waals surface area contributed by atoms with Crippen LogP contribution in [0.4, 0.5) is 0 Å². The molecule has 1 aromatic heterocycles. The monoisotopic (exact) mass is 384 g/mol. The molecule has 0 spiro atoms. The number of ether oxygens (including phenoxy) is 1. The van der Waals surface area contributed by atoms with Crippen LogP contribution in [0.2, 0.25) is 0 Å². The van der Waals surface area contributed by atoms with Gasteiger partial charge in [0.25, 0.3) is 5.91 Å². The number of amides is 1. The molecular formula is C20H20N2O4S. The van der Waals surface area contributed by atoms with Crippen molar-refractivity contribution in [2.24, 2.45) is 10.4 Å². The van der Waals surface area contributed by atoms with Crippen LogP contribution in [0, 0.1) is 5.41 Å². The smallest absolute Gasteiger partial charge is 0.255 e. The number of aromatic nitrogens is 1. The second-order valence-electron chi connectivity index (χ2n) is 7.00. The minimum atomic E-state index is -3.44. The van der Waals surface area contributed by atoms with Gasteiger partial charge in [-0.25, -0.2) is 13.4 Å². The highest BCUT2D eigenvalue weighted by Gasteiger charge is 2.28. The third-order valence-corrected chi connectivity index (χ3v) is 5.25. The Morgan fingerprint density at radius 2 is 1.96 bits per heavy atom. The molecule has 2 aromatic rings. The fraction of sp³-hybridized carbons (Fsp3) is 0.250. The average Bonchev–Trinajstić information content (AvgIpc) is 2.62. The maximum atomic E-state index is 12.1. The van der Waals surface area contributed by atoms with Crippen molar-refractivity contribution in [2.75, 3.05) is 6.26 Å². The Morgan fingerprint density at radius 3 is 2.59 bits per heavy atom. The molecule has 1 aliphatic heterocycles. The largest absolute Gasteiger partial charge is 0.489 e. The third kappa shape index (κ3) is 4.49. The quantitative estimate of drug-likeness (QED) is 0.791. The van der Waals surface area contributed by atoms with Gasteiger partial charge >= 0.3 is 0 Å². The Labute approximate surface area is 158 Å². The summed E-state index contributed by atoms with van der Waals surface area (Å²) in [6.45, 7) is 3.80. The number of rotatable bonds is 5. The standard InChI is InChI=1S/C20H20N2O4S/c1-20(2)10-16(12-22-19(20)23)15-7-17(9-18(8-15)27(3,24)25)26-13-14-5-4-6-21-11-14/h4-12H,13H2,1-3H3. The summed E-state index contributed by atoms with van der Waals surface area (Å²) in [4.78, 5) is 20.0. The van der Waals surface area contributed by atoms with E-state index in [0.717, 1.165) is 11.8 Å². The molecule has 2 heterocycles. The predicted octanol–water partition coefficient (Wildman–Crippen LogP) is 3.08. The molecule has 1 amide bonds. The highest BCUT2D eigenvalue weighted by molar-refractivity contribution is 7.90. The SMILES string of the molecule is CC1(C)C=C(c2cc(OCc3cccnc3)cc(S(C)(=O)=O)c2)C=NC1=O. The van der Waals surface area contributed by atoms with Crippen LogP contribution in [-0.4, -0.2) is 31.8 Å². The van der Waals surface area contributed by atoms with Gasteiger partial charge in [-0.2, -0.15) is 0 Å². The summed E-state index contributed by atoms with van der Waals surface area (Å²) in [6.07, 6.45) is 7.75. The molecule has 0 saturated carbocycles. The lowest BCUT2D eigenvalue weighted by molar-refractivity contribution is -0.123. The maximum Gasteiger partial charge on any atom is 0.255 e. The first-order valence-corrected chi connectivity index (χ1v) is 10.2. The van der Waals surface area contributed by atoms with Crippen molar-refractivity contribution < 1.29 is 17.9 Å². The number of hydrogen-bond acceptors (Lipinski definition) is 5. The summed E-state index contributed by atoms with van der Waals surface area (Å²) < 4.78 is 30.0. The Balaban J connectivity index is 1.99. The van der Waals surface area contributed by atoms with Crippen molar-refractivity contribution in [2.45, 2.75) is 25.3 Å². The molecule has 0 radical (unpaired) electrons. The summed E-state index contributed by atoms with van der Waals surface area (Å²) in [5, 5.41) is 0. The molecule has 3 rings (SSSR count). The lowest BCUT2D eigenvalue weighted by atomic mass is 9.86. The van der Waals surface area contributed by atoms with Crippen molar-refractivity contribution in [1.82, 2.24) is 4.98 Å². The Kier molecular flexibility index (Phi) is 4.97. The number of hydrogen-bond donors (Lipinski definition) is 0. The number of carbonyl (C=O) groups excluding carboxylic acids is 1. The van der Waals surface area contributed by atoms with E-state index in [1.807, 2.05) is 6.07 Å². The Bertz CT molecular complexity index is 1040. The molecule has 0 atom stereocenters. The first-order chi connectivity index (χ1) is 12.6. The van der Waals surface area contributed by atoms with E-state index < -0.39 is 15.3 Å². The number of pyridine rings is 1. The van der Waals surface area contributed by atoms with Crippen LogP contribution in [0.25, 0.3) is 5.57 Å². The third-order valence-electron chi connectivity index (χ3n) is 4.16. The molecule has 0 bridgehead atoms. The molecule has 0 unspecified atom stereocenters. The molecule has 7 heteroatoms. The number of benzene rings is 1. The molecule has 1 aromatic carbocycles. The minimum Gasteiger partial charge on any atom is -0.489 e. The summed E-state index contributed by atoms with van der Waals surface area (Å²) in [5.41, 5.74) is 1.43. The maximum absolute atomic E-state index is 12.1. The van der Waals surface area contributed by atoms with Gasteiger partial charge in [-0.05, 0) is 49.2 Å². The van der Waals surface area contributed by atoms with Gasteiger partial charge in [0.1, 0.15) is 12.4 Å². The van der Waals surface area contributed by atoms with Crippen molar-refractivity contribution >= 4 is 27.5 Å². The topological polar surface area (TPSA) is 85.7 Å². The zero-order chi connectivity index (χ0) is 19.7. The molecule has 27 heavy (non-hydrogen) atoms. The predicted molar refractivity (Wildman–Crippen MR) is 103 cm³/mol. The van der Waals surface area contributed by atoms with Crippen LogP contribution in [-0.2, 0) is 21.2 Å². The number of dihydropyridines is 1. The van der Waals surface area contributed by atoms with Gasteiger partial charge in [0, 0.05) is 30.4 Å². The van der Waals surface area contributed by atoms with Crippen molar-refractivity contribution in [3.63, 3.8) is 0 Å². The molecule has 6 nitrogen and oxygen atoms in total. The average molecular weight is 384 g/mol. The van der Waals surface area contributed by atoms with Crippen LogP contribution in [0.15, 0.2) is 58.7 Å². The van der Waals surface area contributed by atoms with Crippen molar-refractivity contribution in [3.05, 3.63) is 59.9 Å². The normalized spacial score (nSPS) is 16.1. The highest BCUT2D eigenvalue weighted by Crippen LogP contribution is 2.32. The molecule has 0 fully saturated rings. The zero-order valence-electron chi connectivity index (χ0n) is 15.3. The van der Waals surface area contributed by atoms with Gasteiger partial charge in [0.15, 0.2) is 9.84 Å². The Hall–Kier alpha value is -2.80. The molecule has 0 saturated heterocycles. The number of nitrogens with zero attached hydrogens (tertiary/aromatic N) is 2. The van der Waals surface area contributed by atoms with E-state index in [2.05, 4.69) is 9.98 Å². The van der Waals surface area contributed by atoms with Gasteiger partial charge in [0.05, 0.1) is 10.3 Å². The van der Waals surface area contributed by atoms with E-state index in [4.69, 9.17) is 4.74 Å². The van der Waals surface area contributed by atoms with Gasteiger partial charge in [-0.3, -0.25) is 9.78 Å². The van der Waals surface area contributed by atoms with E-state index in [-0.39, 0.29) is 17.4 Å². The number of allylic oxidation sites excluding steroid dienone is 1. The summed E-state index contributed by atoms with van der Waals surface area (Å²) in [6, 6.07) is 8.48. The van der Waals surface area contributed by atoms with Crippen molar-refractivity contribution in [3.8, 4) is 5.75 Å². The number of carbonyl (C=O) groups is 1. The van der Waals surface area contributed by atoms with E-state index in [1.54, 1.807) is 50.5 Å². The van der Waals surface area contributed by atoms with Crippen LogP contribution in [0.1, 0.15) is 25.0 Å². The zero-order valence-corrected chi connectivity index (χ0v) is 16.2. The fourth-order valence-electron chi connectivity index (χ4n) is 2.63. The second kappa shape index (κ2) is 7.08. The highest BCUT2D eigenvalue weighted by atomic mass is 32.2. The van der Waals surface area contributed by atoms with E-state index >= 15 is 0 Å². The molecular weight excluding hydrogens is 364 g/mol. The lowest BCUT2D eigenvalue weighted by Gasteiger charge is -2.21. The van der Waals surface area contributed by atoms with Gasteiger partial charge in [0.2, 0.25) is 0 Å². The molecule has 1 aliphatic rings. The molecule has 0 aliphatic carbocycles. The Morgan fingerprint density at radius 1 is 1.19 bits per heavy atom. The van der Waals surface area contributed by atoms with Crippen LogP contribution < -0.4 is 4.74 Å². The van der Waals surface area contributed by atoms with Crippen LogP contribution in [0.5, 0.6) is 5.75 Å². The van der Waals surface area contributed by atoms with Crippen LogP contribution in [0.3, 0.4) is 0 Å². The van der Waals surface area contributed by atoms with E-state index in [0.29, 0.717) is 16.9 Å². The fourth-order valence-corrected chi connectivity index (χ4v) is 3.30. The number of aliphatic imine (C=N–C) groups is 1. The van der Waals surface area contributed by atoms with Gasteiger partial charge in [-0.1, -0.05) is 12.1 Å². The minimum absolute atomic E-state index is 0.144. The second-order valence-corrected chi connectivity index (χ2v) is 9.02. The van der Waals surface area contributed by atoms with E-state index in [1.165, 1.54) is 12.3 Å². The number of sulfone groups is 1. The molecule has 140 valence electrons. The molecule has 0 N–H and O–H groups in total. The van der Waals surface area contributed by atoms with Crippen molar-refractivity contribution in [1.29, 1.82) is 0 Å². The first kappa shape index (κ1) is 19.0. The summed E-state index contributed by atoms with van der Waals surface area (Å²) >= 11 is 0. The van der Waals surface area contributed by atoms with Crippen LogP contribution >= 0.6 is 0 Å². The van der Waals surface area contributed by atoms with Gasteiger partial charge < -0.3 is 4.74 Å². The summed E-state index contributed by atoms with van der Waals surface area (Å²) in [7, 11) is -3.44. The first-order valence-electron chi connectivity index (χ1n) is 8.34. The van der Waals surface area contributed by atoms with Gasteiger partial charge in [-0.15, -0.1) is 0 Å².